The molecule has 0 atom stereocenters. The molecule has 16 heavy (non-hydrogen) atoms. The monoisotopic (exact) mass is 215 g/mol. The zero-order valence-corrected chi connectivity index (χ0v) is 9.39. The first kappa shape index (κ1) is 9.85. The molecule has 0 radical (unpaired) electrons. The van der Waals surface area contributed by atoms with E-state index in [-0.39, 0.29) is 0 Å². The Morgan fingerprint density at radius 1 is 1.31 bits per heavy atom. The van der Waals surface area contributed by atoms with Crippen molar-refractivity contribution in [3.63, 3.8) is 0 Å². The predicted octanol–water partition coefficient (Wildman–Crippen LogP) is 2.18. The molecule has 3 nitrogen and oxygen atoms in total. The Hall–Kier alpha value is -1.35. The fraction of sp³-hybridized carbons (Fsp3) is 0.462. The van der Waals surface area contributed by atoms with E-state index in [9.17, 15) is 0 Å². The third kappa shape index (κ3) is 2.09. The van der Waals surface area contributed by atoms with E-state index in [1.54, 1.807) is 0 Å². The van der Waals surface area contributed by atoms with Crippen molar-refractivity contribution >= 4 is 10.9 Å². The highest BCUT2D eigenvalue weighted by molar-refractivity contribution is 5.78. The van der Waals surface area contributed by atoms with Gasteiger partial charge in [-0.25, -0.2) is 0 Å². The molecule has 0 aliphatic heterocycles. The van der Waals surface area contributed by atoms with E-state index >= 15 is 0 Å². The zero-order chi connectivity index (χ0) is 10.8. The minimum Gasteiger partial charge on any atom is -0.314 e. The van der Waals surface area contributed by atoms with Gasteiger partial charge in [0.05, 0.1) is 11.7 Å². The third-order valence-electron chi connectivity index (χ3n) is 3.11. The van der Waals surface area contributed by atoms with Gasteiger partial charge in [0.1, 0.15) is 0 Å². The molecular formula is C13H17N3. The Labute approximate surface area is 95.5 Å². The first-order chi connectivity index (χ1) is 7.93. The van der Waals surface area contributed by atoms with Crippen molar-refractivity contribution in [2.45, 2.75) is 31.8 Å². The lowest BCUT2D eigenvalue weighted by atomic mass is 10.2. The minimum atomic E-state index is 0.814. The van der Waals surface area contributed by atoms with Crippen LogP contribution in [0.1, 0.15) is 19.3 Å². The first-order valence-corrected chi connectivity index (χ1v) is 6.07. The number of fused-ring (bicyclic) bond motifs is 1. The summed E-state index contributed by atoms with van der Waals surface area (Å²) in [5, 5.41) is 9.18. The van der Waals surface area contributed by atoms with Gasteiger partial charge >= 0.3 is 0 Å². The number of benzene rings is 1. The maximum absolute atomic E-state index is 4.42. The first-order valence-electron chi connectivity index (χ1n) is 6.07. The van der Waals surface area contributed by atoms with Gasteiger partial charge in [-0.05, 0) is 31.9 Å². The number of aromatic nitrogens is 2. The third-order valence-corrected chi connectivity index (χ3v) is 3.11. The molecule has 1 saturated carbocycles. The van der Waals surface area contributed by atoms with Crippen molar-refractivity contribution in [2.24, 2.45) is 0 Å². The highest BCUT2D eigenvalue weighted by atomic mass is 15.3. The second-order valence-corrected chi connectivity index (χ2v) is 4.51. The van der Waals surface area contributed by atoms with Gasteiger partial charge in [0.15, 0.2) is 0 Å². The van der Waals surface area contributed by atoms with Gasteiger partial charge in [-0.2, -0.15) is 5.10 Å². The molecule has 1 aliphatic rings. The van der Waals surface area contributed by atoms with Crippen LogP contribution in [-0.2, 0) is 6.54 Å². The van der Waals surface area contributed by atoms with E-state index in [0.29, 0.717) is 0 Å². The molecule has 2 aromatic rings. The van der Waals surface area contributed by atoms with E-state index in [0.717, 1.165) is 25.6 Å². The number of para-hydroxylation sites is 1. The van der Waals surface area contributed by atoms with Crippen LogP contribution in [0, 0.1) is 0 Å². The maximum atomic E-state index is 4.42. The van der Waals surface area contributed by atoms with E-state index < -0.39 is 0 Å². The fourth-order valence-electron chi connectivity index (χ4n) is 2.03. The molecule has 1 aromatic heterocycles. The Kier molecular flexibility index (Phi) is 2.62. The molecule has 0 unspecified atom stereocenters. The molecule has 1 aliphatic carbocycles. The van der Waals surface area contributed by atoms with Crippen molar-refractivity contribution in [3.8, 4) is 0 Å². The van der Waals surface area contributed by atoms with Gasteiger partial charge in [-0.3, -0.25) is 4.68 Å². The van der Waals surface area contributed by atoms with Crippen LogP contribution in [0.15, 0.2) is 30.5 Å². The Balaban J connectivity index is 1.60. The summed E-state index contributed by atoms with van der Waals surface area (Å²) in [5.74, 6) is 0. The standard InChI is InChI=1S/C13H17N3/c1-2-5-13-11(4-1)10-15-16(13)9-3-8-14-12-6-7-12/h1-2,4-5,10,12,14H,3,6-9H2. The average Bonchev–Trinajstić information content (AvgIpc) is 3.05. The highest BCUT2D eigenvalue weighted by Gasteiger charge is 2.19. The van der Waals surface area contributed by atoms with Gasteiger partial charge in [-0.1, -0.05) is 18.2 Å². The quantitative estimate of drug-likeness (QED) is 0.775. The lowest BCUT2D eigenvalue weighted by Gasteiger charge is -2.04. The number of hydrogen-bond donors (Lipinski definition) is 1. The summed E-state index contributed by atoms with van der Waals surface area (Å²) in [6.45, 7) is 2.12. The average molecular weight is 215 g/mol. The van der Waals surface area contributed by atoms with Gasteiger partial charge in [-0.15, -0.1) is 0 Å². The Morgan fingerprint density at radius 2 is 2.19 bits per heavy atom. The SMILES string of the molecule is c1ccc2c(c1)cnn2CCCNC1CC1. The van der Waals surface area contributed by atoms with Gasteiger partial charge in [0.2, 0.25) is 0 Å². The lowest BCUT2D eigenvalue weighted by Crippen LogP contribution is -2.19. The normalized spacial score (nSPS) is 15.8. The van der Waals surface area contributed by atoms with Crippen molar-refractivity contribution in [1.82, 2.24) is 15.1 Å². The molecule has 3 rings (SSSR count). The number of nitrogens with zero attached hydrogens (tertiary/aromatic N) is 2. The second kappa shape index (κ2) is 4.26. The van der Waals surface area contributed by atoms with Crippen molar-refractivity contribution in [3.05, 3.63) is 30.5 Å². The molecule has 3 heteroatoms. The summed E-state index contributed by atoms with van der Waals surface area (Å²) >= 11 is 0. The smallest absolute Gasteiger partial charge is 0.0682 e. The van der Waals surface area contributed by atoms with Crippen LogP contribution < -0.4 is 5.32 Å². The van der Waals surface area contributed by atoms with Crippen molar-refractivity contribution in [2.75, 3.05) is 6.54 Å². The molecule has 84 valence electrons. The van der Waals surface area contributed by atoms with E-state index in [1.165, 1.54) is 23.7 Å². The minimum absolute atomic E-state index is 0.814. The summed E-state index contributed by atoms with van der Waals surface area (Å²) < 4.78 is 2.10. The molecule has 1 fully saturated rings. The summed E-state index contributed by atoms with van der Waals surface area (Å²) in [6, 6.07) is 9.19. The van der Waals surface area contributed by atoms with Crippen LogP contribution in [0.4, 0.5) is 0 Å². The Morgan fingerprint density at radius 3 is 3.06 bits per heavy atom. The van der Waals surface area contributed by atoms with Gasteiger partial charge in [0.25, 0.3) is 0 Å². The molecule has 0 amide bonds. The van der Waals surface area contributed by atoms with Crippen LogP contribution in [0.3, 0.4) is 0 Å². The van der Waals surface area contributed by atoms with Crippen LogP contribution in [0.2, 0.25) is 0 Å². The van der Waals surface area contributed by atoms with Crippen LogP contribution in [0.5, 0.6) is 0 Å². The summed E-state index contributed by atoms with van der Waals surface area (Å²) in [6.07, 6.45) is 5.83. The molecule has 1 heterocycles. The number of hydrogen-bond acceptors (Lipinski definition) is 2. The molecule has 0 spiro atoms. The zero-order valence-electron chi connectivity index (χ0n) is 9.39. The van der Waals surface area contributed by atoms with Crippen molar-refractivity contribution in [1.29, 1.82) is 0 Å². The number of rotatable bonds is 5. The number of aryl methyl sites for hydroxylation is 1. The molecule has 0 bridgehead atoms. The predicted molar refractivity (Wildman–Crippen MR) is 65.4 cm³/mol. The number of nitrogens with one attached hydrogen (secondary N) is 1. The van der Waals surface area contributed by atoms with E-state index in [4.69, 9.17) is 0 Å². The molecular weight excluding hydrogens is 198 g/mol. The van der Waals surface area contributed by atoms with Crippen LogP contribution >= 0.6 is 0 Å². The topological polar surface area (TPSA) is 29.9 Å². The van der Waals surface area contributed by atoms with Crippen molar-refractivity contribution < 1.29 is 0 Å². The molecule has 1 N–H and O–H groups in total. The second-order valence-electron chi connectivity index (χ2n) is 4.51. The summed E-state index contributed by atoms with van der Waals surface area (Å²) in [5.41, 5.74) is 1.24. The van der Waals surface area contributed by atoms with Gasteiger partial charge < -0.3 is 5.32 Å². The summed E-state index contributed by atoms with van der Waals surface area (Å²) in [7, 11) is 0. The molecule has 1 aromatic carbocycles. The largest absolute Gasteiger partial charge is 0.314 e. The van der Waals surface area contributed by atoms with Crippen LogP contribution in [-0.4, -0.2) is 22.4 Å². The van der Waals surface area contributed by atoms with E-state index in [2.05, 4.69) is 39.4 Å². The van der Waals surface area contributed by atoms with Crippen LogP contribution in [0.25, 0.3) is 10.9 Å². The maximum Gasteiger partial charge on any atom is 0.0682 e. The fourth-order valence-corrected chi connectivity index (χ4v) is 2.03. The highest BCUT2D eigenvalue weighted by Crippen LogP contribution is 2.18. The van der Waals surface area contributed by atoms with E-state index in [1.807, 2.05) is 6.20 Å². The summed E-state index contributed by atoms with van der Waals surface area (Å²) in [4.78, 5) is 0. The lowest BCUT2D eigenvalue weighted by molar-refractivity contribution is 0.553. The molecule has 0 saturated heterocycles. The van der Waals surface area contributed by atoms with Gasteiger partial charge in [0, 0.05) is 18.0 Å². The Bertz CT molecular complexity index is 471.